The summed E-state index contributed by atoms with van der Waals surface area (Å²) in [6.45, 7) is 5.80. The summed E-state index contributed by atoms with van der Waals surface area (Å²) >= 11 is 0. The molecule has 1 aliphatic rings. The third-order valence-electron chi connectivity index (χ3n) is 6.26. The third-order valence-corrected chi connectivity index (χ3v) is 8.07. The van der Waals surface area contributed by atoms with Crippen LogP contribution in [-0.2, 0) is 27.9 Å². The molecule has 0 unspecified atom stereocenters. The summed E-state index contributed by atoms with van der Waals surface area (Å²) in [5.41, 5.74) is 2.07. The van der Waals surface area contributed by atoms with Crippen LogP contribution >= 0.6 is 0 Å². The second-order valence-corrected chi connectivity index (χ2v) is 10.7. The normalized spacial score (nSPS) is 14.7. The van der Waals surface area contributed by atoms with Crippen LogP contribution in [0.25, 0.3) is 0 Å². The molecule has 36 heavy (non-hydrogen) atoms. The molecule has 0 N–H and O–H groups in total. The van der Waals surface area contributed by atoms with E-state index >= 15 is 0 Å². The lowest BCUT2D eigenvalue weighted by Gasteiger charge is -2.35. The Morgan fingerprint density at radius 3 is 2.00 bits per heavy atom. The van der Waals surface area contributed by atoms with Gasteiger partial charge in [0.15, 0.2) is 0 Å². The monoisotopic (exact) mass is 507 g/mol. The number of benzene rings is 3. The second kappa shape index (κ2) is 12.2. The lowest BCUT2D eigenvalue weighted by molar-refractivity contribution is -0.133. The van der Waals surface area contributed by atoms with Gasteiger partial charge in [-0.05, 0) is 42.3 Å². The summed E-state index contributed by atoms with van der Waals surface area (Å²) in [5.74, 6) is 0.426. The Morgan fingerprint density at radius 2 is 1.42 bits per heavy atom. The van der Waals surface area contributed by atoms with Gasteiger partial charge >= 0.3 is 0 Å². The minimum absolute atomic E-state index is 0.121. The van der Waals surface area contributed by atoms with E-state index in [4.69, 9.17) is 4.74 Å². The molecule has 3 aromatic rings. The van der Waals surface area contributed by atoms with Crippen LogP contribution in [0.1, 0.15) is 18.1 Å². The zero-order valence-corrected chi connectivity index (χ0v) is 21.4. The van der Waals surface area contributed by atoms with E-state index in [0.717, 1.165) is 25.2 Å². The highest BCUT2D eigenvalue weighted by Crippen LogP contribution is 2.22. The van der Waals surface area contributed by atoms with Gasteiger partial charge in [-0.1, -0.05) is 60.7 Å². The van der Waals surface area contributed by atoms with Crippen LogP contribution in [0.5, 0.6) is 5.75 Å². The van der Waals surface area contributed by atoms with E-state index < -0.39 is 10.0 Å². The van der Waals surface area contributed by atoms with Crippen LogP contribution in [0, 0.1) is 0 Å². The van der Waals surface area contributed by atoms with Gasteiger partial charge in [0, 0.05) is 39.3 Å². The molecule has 0 atom stereocenters. The summed E-state index contributed by atoms with van der Waals surface area (Å²) in [4.78, 5) is 17.5. The standard InChI is InChI=1S/C28H33N3O4S/c1-2-35-26-13-15-27(16-14-26)36(33,34)31(22-25-11-7-4-8-12-25)23-28(32)30-19-17-29(18-20-30)21-24-9-5-3-6-10-24/h3-16H,2,17-23H2,1H3. The van der Waals surface area contributed by atoms with Gasteiger partial charge in [0.1, 0.15) is 5.75 Å². The van der Waals surface area contributed by atoms with Crippen molar-refractivity contribution in [1.29, 1.82) is 0 Å². The molecule has 0 bridgehead atoms. The quantitative estimate of drug-likeness (QED) is 0.419. The maximum absolute atomic E-state index is 13.6. The number of carbonyl (C=O) groups is 1. The fraction of sp³-hybridized carbons (Fsp3) is 0.321. The van der Waals surface area contributed by atoms with Crippen molar-refractivity contribution in [2.75, 3.05) is 39.3 Å². The first-order chi connectivity index (χ1) is 17.5. The van der Waals surface area contributed by atoms with Crippen molar-refractivity contribution >= 4 is 15.9 Å². The number of nitrogens with zero attached hydrogens (tertiary/aromatic N) is 3. The number of carbonyl (C=O) groups excluding carboxylic acids is 1. The van der Waals surface area contributed by atoms with Crippen molar-refractivity contribution in [3.05, 3.63) is 96.1 Å². The Hall–Kier alpha value is -3.20. The summed E-state index contributed by atoms with van der Waals surface area (Å²) in [5, 5.41) is 0. The van der Waals surface area contributed by atoms with Crippen molar-refractivity contribution < 1.29 is 17.9 Å². The Morgan fingerprint density at radius 1 is 0.833 bits per heavy atom. The molecule has 3 aromatic carbocycles. The SMILES string of the molecule is CCOc1ccc(S(=O)(=O)N(CC(=O)N2CCN(Cc3ccccc3)CC2)Cc2ccccc2)cc1. The summed E-state index contributed by atoms with van der Waals surface area (Å²) in [6, 6.07) is 26.0. The summed E-state index contributed by atoms with van der Waals surface area (Å²) < 4.78 is 33.9. The molecule has 1 fully saturated rings. The maximum atomic E-state index is 13.6. The molecule has 190 valence electrons. The van der Waals surface area contributed by atoms with Crippen LogP contribution in [0.3, 0.4) is 0 Å². The van der Waals surface area contributed by atoms with Crippen molar-refractivity contribution in [1.82, 2.24) is 14.1 Å². The lowest BCUT2D eigenvalue weighted by atomic mass is 10.2. The summed E-state index contributed by atoms with van der Waals surface area (Å²) in [7, 11) is -3.90. The second-order valence-electron chi connectivity index (χ2n) is 8.81. The van der Waals surface area contributed by atoms with Gasteiger partial charge in [-0.3, -0.25) is 9.69 Å². The van der Waals surface area contributed by atoms with Gasteiger partial charge in [0.2, 0.25) is 15.9 Å². The van der Waals surface area contributed by atoms with E-state index in [0.29, 0.717) is 25.4 Å². The first-order valence-corrected chi connectivity index (χ1v) is 13.7. The fourth-order valence-electron chi connectivity index (χ4n) is 4.28. The van der Waals surface area contributed by atoms with Crippen molar-refractivity contribution in [3.8, 4) is 5.75 Å². The molecule has 0 saturated carbocycles. The average Bonchev–Trinajstić information content (AvgIpc) is 2.90. The average molecular weight is 508 g/mol. The van der Waals surface area contributed by atoms with Gasteiger partial charge < -0.3 is 9.64 Å². The number of amides is 1. The number of hydrogen-bond acceptors (Lipinski definition) is 5. The first-order valence-electron chi connectivity index (χ1n) is 12.3. The van der Waals surface area contributed by atoms with Gasteiger partial charge in [0.05, 0.1) is 18.0 Å². The van der Waals surface area contributed by atoms with E-state index in [2.05, 4.69) is 17.0 Å². The Bertz CT molecular complexity index is 1210. The van der Waals surface area contributed by atoms with Crippen molar-refractivity contribution in [2.45, 2.75) is 24.9 Å². The molecule has 1 saturated heterocycles. The maximum Gasteiger partial charge on any atom is 0.243 e. The Kier molecular flexibility index (Phi) is 8.74. The predicted molar refractivity (Wildman–Crippen MR) is 140 cm³/mol. The van der Waals surface area contributed by atoms with E-state index in [1.54, 1.807) is 17.0 Å². The zero-order valence-electron chi connectivity index (χ0n) is 20.6. The number of ether oxygens (including phenoxy) is 1. The molecule has 0 radical (unpaired) electrons. The molecule has 0 spiro atoms. The Balaban J connectivity index is 1.45. The van der Waals surface area contributed by atoms with Crippen molar-refractivity contribution in [2.24, 2.45) is 0 Å². The fourth-order valence-corrected chi connectivity index (χ4v) is 5.66. The van der Waals surface area contributed by atoms with Crippen molar-refractivity contribution in [3.63, 3.8) is 0 Å². The minimum Gasteiger partial charge on any atom is -0.494 e. The number of rotatable bonds is 10. The van der Waals surface area contributed by atoms with Crippen LogP contribution in [-0.4, -0.2) is 67.8 Å². The van der Waals surface area contributed by atoms with E-state index in [1.807, 2.05) is 55.5 Å². The zero-order chi connectivity index (χ0) is 25.4. The topological polar surface area (TPSA) is 70.2 Å². The molecule has 0 aromatic heterocycles. The molecular formula is C28H33N3O4S. The van der Waals surface area contributed by atoms with E-state index in [9.17, 15) is 13.2 Å². The van der Waals surface area contributed by atoms with E-state index in [-0.39, 0.29) is 23.9 Å². The number of hydrogen-bond donors (Lipinski definition) is 0. The minimum atomic E-state index is -3.90. The molecule has 4 rings (SSSR count). The van der Waals surface area contributed by atoms with Gasteiger partial charge in [0.25, 0.3) is 0 Å². The molecule has 0 aliphatic carbocycles. The smallest absolute Gasteiger partial charge is 0.243 e. The van der Waals surface area contributed by atoms with Crippen LogP contribution in [0.15, 0.2) is 89.8 Å². The molecular weight excluding hydrogens is 474 g/mol. The van der Waals surface area contributed by atoms with E-state index in [1.165, 1.54) is 22.0 Å². The molecule has 1 amide bonds. The molecule has 1 aliphatic heterocycles. The highest BCUT2D eigenvalue weighted by molar-refractivity contribution is 7.89. The highest BCUT2D eigenvalue weighted by Gasteiger charge is 2.30. The first kappa shape index (κ1) is 25.9. The van der Waals surface area contributed by atoms with Crippen LogP contribution < -0.4 is 4.74 Å². The van der Waals surface area contributed by atoms with Gasteiger partial charge in [-0.15, -0.1) is 0 Å². The van der Waals surface area contributed by atoms with Gasteiger partial charge in [-0.25, -0.2) is 8.42 Å². The van der Waals surface area contributed by atoms with Gasteiger partial charge in [-0.2, -0.15) is 4.31 Å². The highest BCUT2D eigenvalue weighted by atomic mass is 32.2. The third kappa shape index (κ3) is 6.72. The number of piperazine rings is 1. The lowest BCUT2D eigenvalue weighted by Crippen LogP contribution is -2.51. The molecule has 1 heterocycles. The summed E-state index contributed by atoms with van der Waals surface area (Å²) in [6.07, 6.45) is 0. The molecule has 7 nitrogen and oxygen atoms in total. The molecule has 8 heteroatoms. The van der Waals surface area contributed by atoms with Crippen LogP contribution in [0.4, 0.5) is 0 Å². The Labute approximate surface area is 214 Å². The largest absolute Gasteiger partial charge is 0.494 e. The predicted octanol–water partition coefficient (Wildman–Crippen LogP) is 3.62. The van der Waals surface area contributed by atoms with Crippen LogP contribution in [0.2, 0.25) is 0 Å². The number of sulfonamides is 1.